The van der Waals surface area contributed by atoms with Gasteiger partial charge >= 0.3 is 0 Å². The number of hydrogen-bond donors (Lipinski definition) is 0. The number of pyridine rings is 1. The van der Waals surface area contributed by atoms with Crippen molar-refractivity contribution in [3.63, 3.8) is 0 Å². The molecule has 0 spiro atoms. The fourth-order valence-electron chi connectivity index (χ4n) is 1.85. The van der Waals surface area contributed by atoms with Crippen molar-refractivity contribution >= 4 is 21.7 Å². The molecule has 2 aromatic rings. The Labute approximate surface area is 127 Å². The predicted molar refractivity (Wildman–Crippen MR) is 82.3 cm³/mol. The first-order chi connectivity index (χ1) is 9.47. The Bertz CT molecular complexity index is 638. The van der Waals surface area contributed by atoms with Crippen LogP contribution in [-0.2, 0) is 0 Å². The molecular formula is C16H16BrNO2. The Kier molecular flexibility index (Phi) is 4.55. The quantitative estimate of drug-likeness (QED) is 0.788. The number of rotatable bonds is 4. The predicted octanol–water partition coefficient (Wildman–Crippen LogP) is 4.17. The molecule has 3 nitrogen and oxygen atoms in total. The van der Waals surface area contributed by atoms with Crippen molar-refractivity contribution < 1.29 is 9.53 Å². The maximum atomic E-state index is 12.5. The smallest absolute Gasteiger partial charge is 0.195 e. The van der Waals surface area contributed by atoms with Gasteiger partial charge in [0.25, 0.3) is 0 Å². The van der Waals surface area contributed by atoms with Crippen LogP contribution in [0.3, 0.4) is 0 Å². The lowest BCUT2D eigenvalue weighted by Crippen LogP contribution is -2.08. The summed E-state index contributed by atoms with van der Waals surface area (Å²) in [6.07, 6.45) is 3.22. The number of hydrogen-bond acceptors (Lipinski definition) is 3. The standard InChI is InChI=1S/C16H16BrNO2/c1-10(2)20-13-7-12(8-18-9-13)16(19)14-6-11(3)4-5-15(14)17/h4-10H,1-3H3. The largest absolute Gasteiger partial charge is 0.489 e. The van der Waals surface area contributed by atoms with Gasteiger partial charge in [0.15, 0.2) is 5.78 Å². The molecule has 0 saturated heterocycles. The van der Waals surface area contributed by atoms with E-state index in [4.69, 9.17) is 4.74 Å². The van der Waals surface area contributed by atoms with Crippen LogP contribution in [0.1, 0.15) is 35.3 Å². The highest BCUT2D eigenvalue weighted by Gasteiger charge is 2.14. The first-order valence-electron chi connectivity index (χ1n) is 6.40. The van der Waals surface area contributed by atoms with Gasteiger partial charge in [-0.3, -0.25) is 9.78 Å². The van der Waals surface area contributed by atoms with Gasteiger partial charge in [-0.2, -0.15) is 0 Å². The van der Waals surface area contributed by atoms with Gasteiger partial charge in [0.05, 0.1) is 12.3 Å². The van der Waals surface area contributed by atoms with Crippen molar-refractivity contribution in [3.8, 4) is 5.75 Å². The zero-order valence-electron chi connectivity index (χ0n) is 11.7. The summed E-state index contributed by atoms with van der Waals surface area (Å²) in [7, 11) is 0. The molecule has 4 heteroatoms. The lowest BCUT2D eigenvalue weighted by molar-refractivity contribution is 0.103. The number of carbonyl (C=O) groups is 1. The molecular weight excluding hydrogens is 318 g/mol. The molecule has 2 rings (SSSR count). The van der Waals surface area contributed by atoms with Gasteiger partial charge in [-0.25, -0.2) is 0 Å². The molecule has 1 heterocycles. The van der Waals surface area contributed by atoms with Crippen LogP contribution in [0.15, 0.2) is 41.1 Å². The molecule has 0 aliphatic heterocycles. The highest BCUT2D eigenvalue weighted by Crippen LogP contribution is 2.23. The highest BCUT2D eigenvalue weighted by atomic mass is 79.9. The third kappa shape index (κ3) is 3.45. The van der Waals surface area contributed by atoms with Crippen LogP contribution in [0.5, 0.6) is 5.75 Å². The number of aromatic nitrogens is 1. The third-order valence-electron chi connectivity index (χ3n) is 2.71. The van der Waals surface area contributed by atoms with Crippen LogP contribution in [-0.4, -0.2) is 16.9 Å². The monoisotopic (exact) mass is 333 g/mol. The summed E-state index contributed by atoms with van der Waals surface area (Å²) in [5.41, 5.74) is 2.20. The third-order valence-corrected chi connectivity index (χ3v) is 3.41. The molecule has 0 atom stereocenters. The average molecular weight is 334 g/mol. The molecule has 0 radical (unpaired) electrons. The molecule has 0 aliphatic rings. The van der Waals surface area contributed by atoms with Crippen LogP contribution < -0.4 is 4.74 Å². The molecule has 0 N–H and O–H groups in total. The first-order valence-corrected chi connectivity index (χ1v) is 7.19. The van der Waals surface area contributed by atoms with Gasteiger partial charge in [-0.15, -0.1) is 0 Å². The van der Waals surface area contributed by atoms with Gasteiger partial charge in [0.1, 0.15) is 5.75 Å². The van der Waals surface area contributed by atoms with Crippen molar-refractivity contribution in [2.45, 2.75) is 26.9 Å². The molecule has 20 heavy (non-hydrogen) atoms. The normalized spacial score (nSPS) is 10.7. The van der Waals surface area contributed by atoms with E-state index in [0.29, 0.717) is 16.9 Å². The Morgan fingerprint density at radius 3 is 2.70 bits per heavy atom. The number of nitrogens with zero attached hydrogens (tertiary/aromatic N) is 1. The van der Waals surface area contributed by atoms with Gasteiger partial charge < -0.3 is 4.74 Å². The summed E-state index contributed by atoms with van der Waals surface area (Å²) < 4.78 is 6.35. The SMILES string of the molecule is Cc1ccc(Br)c(C(=O)c2cncc(OC(C)C)c2)c1. The summed E-state index contributed by atoms with van der Waals surface area (Å²) in [5.74, 6) is 0.539. The molecule has 1 aromatic heterocycles. The molecule has 0 unspecified atom stereocenters. The second kappa shape index (κ2) is 6.18. The summed E-state index contributed by atoms with van der Waals surface area (Å²) in [4.78, 5) is 16.6. The highest BCUT2D eigenvalue weighted by molar-refractivity contribution is 9.10. The van der Waals surface area contributed by atoms with Gasteiger partial charge in [-0.05, 0) is 39.0 Å². The number of aryl methyl sites for hydroxylation is 1. The van der Waals surface area contributed by atoms with Gasteiger partial charge in [0, 0.05) is 21.8 Å². The number of carbonyl (C=O) groups excluding carboxylic acids is 1. The molecule has 0 aliphatic carbocycles. The van der Waals surface area contributed by atoms with E-state index in [1.165, 1.54) is 0 Å². The van der Waals surface area contributed by atoms with E-state index in [0.717, 1.165) is 10.0 Å². The van der Waals surface area contributed by atoms with Crippen molar-refractivity contribution in [2.24, 2.45) is 0 Å². The van der Waals surface area contributed by atoms with Crippen molar-refractivity contribution in [1.29, 1.82) is 0 Å². The van der Waals surface area contributed by atoms with E-state index in [1.807, 2.05) is 39.0 Å². The zero-order valence-corrected chi connectivity index (χ0v) is 13.3. The van der Waals surface area contributed by atoms with Crippen LogP contribution in [0.4, 0.5) is 0 Å². The summed E-state index contributed by atoms with van der Waals surface area (Å²) in [5, 5.41) is 0. The van der Waals surface area contributed by atoms with E-state index < -0.39 is 0 Å². The summed E-state index contributed by atoms with van der Waals surface area (Å²) >= 11 is 3.41. The number of benzene rings is 1. The topological polar surface area (TPSA) is 39.2 Å². The van der Waals surface area contributed by atoms with E-state index >= 15 is 0 Å². The minimum atomic E-state index is -0.0673. The molecule has 1 aromatic carbocycles. The maximum Gasteiger partial charge on any atom is 0.195 e. The fraction of sp³-hybridized carbons (Fsp3) is 0.250. The van der Waals surface area contributed by atoms with E-state index in [9.17, 15) is 4.79 Å². The van der Waals surface area contributed by atoms with Gasteiger partial charge in [0.2, 0.25) is 0 Å². The lowest BCUT2D eigenvalue weighted by atomic mass is 10.0. The fourth-order valence-corrected chi connectivity index (χ4v) is 2.27. The first kappa shape index (κ1) is 14.7. The van der Waals surface area contributed by atoms with Crippen LogP contribution in [0.25, 0.3) is 0 Å². The van der Waals surface area contributed by atoms with Crippen LogP contribution in [0, 0.1) is 6.92 Å². The molecule has 0 fully saturated rings. The number of halogens is 1. The summed E-state index contributed by atoms with van der Waals surface area (Å²) in [6, 6.07) is 7.42. The van der Waals surface area contributed by atoms with Crippen molar-refractivity contribution in [1.82, 2.24) is 4.98 Å². The number of ketones is 1. The van der Waals surface area contributed by atoms with E-state index in [2.05, 4.69) is 20.9 Å². The Hall–Kier alpha value is -1.68. The van der Waals surface area contributed by atoms with Crippen molar-refractivity contribution in [2.75, 3.05) is 0 Å². The molecule has 0 bridgehead atoms. The number of ether oxygens (including phenoxy) is 1. The molecule has 0 saturated carbocycles. The lowest BCUT2D eigenvalue weighted by Gasteiger charge is -2.10. The Balaban J connectivity index is 2.35. The Morgan fingerprint density at radius 2 is 2.00 bits per heavy atom. The summed E-state index contributed by atoms with van der Waals surface area (Å²) in [6.45, 7) is 5.83. The van der Waals surface area contributed by atoms with Crippen LogP contribution in [0.2, 0.25) is 0 Å². The second-order valence-corrected chi connectivity index (χ2v) is 5.74. The maximum absolute atomic E-state index is 12.5. The van der Waals surface area contributed by atoms with Crippen LogP contribution >= 0.6 is 15.9 Å². The van der Waals surface area contributed by atoms with Gasteiger partial charge in [-0.1, -0.05) is 27.6 Å². The van der Waals surface area contributed by atoms with Crippen molar-refractivity contribution in [3.05, 3.63) is 57.8 Å². The van der Waals surface area contributed by atoms with E-state index in [-0.39, 0.29) is 11.9 Å². The zero-order chi connectivity index (χ0) is 14.7. The molecule has 0 amide bonds. The van der Waals surface area contributed by atoms with E-state index in [1.54, 1.807) is 18.5 Å². The molecule has 104 valence electrons. The Morgan fingerprint density at radius 1 is 1.25 bits per heavy atom. The average Bonchev–Trinajstić information content (AvgIpc) is 2.40. The minimum Gasteiger partial charge on any atom is -0.489 e. The second-order valence-electron chi connectivity index (χ2n) is 4.89. The minimum absolute atomic E-state index is 0.0489.